The quantitative estimate of drug-likeness (QED) is 0.201. The molecule has 8 nitrogen and oxygen atoms in total. The second-order valence-corrected chi connectivity index (χ2v) is 14.7. The van der Waals surface area contributed by atoms with Crippen molar-refractivity contribution in [3.63, 3.8) is 0 Å². The van der Waals surface area contributed by atoms with Gasteiger partial charge in [-0.3, -0.25) is 0 Å². The van der Waals surface area contributed by atoms with Crippen LogP contribution in [0, 0.1) is 12.7 Å². The molecule has 49 heavy (non-hydrogen) atoms. The van der Waals surface area contributed by atoms with E-state index in [1.165, 1.54) is 12.1 Å². The molecule has 2 aromatic carbocycles. The summed E-state index contributed by atoms with van der Waals surface area (Å²) in [5.41, 5.74) is 5.87. The summed E-state index contributed by atoms with van der Waals surface area (Å²) in [6.07, 6.45) is 7.39. The maximum Gasteiger partial charge on any atom is 0.340 e. The number of carbonyl (C=O) groups excluding carboxylic acids is 1. The molecular formula is C40H50FN3O5. The van der Waals surface area contributed by atoms with Crippen molar-refractivity contribution in [2.75, 3.05) is 31.2 Å². The number of fused-ring (bicyclic) bond motifs is 8. The van der Waals surface area contributed by atoms with Crippen LogP contribution in [-0.2, 0) is 19.0 Å². The number of pyridine rings is 1. The smallest absolute Gasteiger partial charge is 0.340 e. The van der Waals surface area contributed by atoms with E-state index >= 15 is 0 Å². The van der Waals surface area contributed by atoms with E-state index in [-0.39, 0.29) is 24.1 Å². The van der Waals surface area contributed by atoms with Crippen LogP contribution in [0.25, 0.3) is 28.0 Å². The van der Waals surface area contributed by atoms with Gasteiger partial charge in [0, 0.05) is 54.8 Å². The van der Waals surface area contributed by atoms with Gasteiger partial charge >= 0.3 is 5.97 Å². The summed E-state index contributed by atoms with van der Waals surface area (Å²) in [6, 6.07) is 12.8. The fourth-order valence-electron chi connectivity index (χ4n) is 6.98. The minimum Gasteiger partial charge on any atom is -0.490 e. The fraction of sp³-hybridized carbons (Fsp3) is 0.500. The van der Waals surface area contributed by atoms with Crippen molar-refractivity contribution in [1.29, 1.82) is 0 Å². The van der Waals surface area contributed by atoms with Crippen LogP contribution in [0.5, 0.6) is 5.75 Å². The highest BCUT2D eigenvalue weighted by Gasteiger charge is 2.38. The molecule has 0 saturated carbocycles. The lowest BCUT2D eigenvalue weighted by Crippen LogP contribution is -2.45. The molecule has 0 N–H and O–H groups in total. The number of hydrogen-bond donors (Lipinski definition) is 0. The van der Waals surface area contributed by atoms with Crippen LogP contribution in [-0.4, -0.2) is 59.0 Å². The van der Waals surface area contributed by atoms with E-state index in [9.17, 15) is 9.18 Å². The molecule has 0 radical (unpaired) electrons. The highest BCUT2D eigenvalue weighted by atomic mass is 19.1. The van der Waals surface area contributed by atoms with E-state index in [2.05, 4.69) is 22.3 Å². The number of esters is 1. The van der Waals surface area contributed by atoms with E-state index in [0.29, 0.717) is 12.4 Å². The van der Waals surface area contributed by atoms with E-state index in [1.54, 1.807) is 6.07 Å². The predicted octanol–water partition coefficient (Wildman–Crippen LogP) is 8.86. The molecule has 0 unspecified atom stereocenters. The van der Waals surface area contributed by atoms with Gasteiger partial charge in [0.15, 0.2) is 11.8 Å². The number of carbonyl (C=O) groups is 1. The number of imidazole rings is 1. The molecule has 2 aromatic heterocycles. The maximum atomic E-state index is 14.5. The van der Waals surface area contributed by atoms with Gasteiger partial charge in [0.25, 0.3) is 0 Å². The lowest BCUT2D eigenvalue weighted by molar-refractivity contribution is -0.166. The number of piperidine rings is 1. The Balaban J connectivity index is 1.54. The number of aryl methyl sites for hydroxylation is 1. The van der Waals surface area contributed by atoms with Crippen molar-refractivity contribution in [3.8, 4) is 28.1 Å². The van der Waals surface area contributed by atoms with Crippen LogP contribution in [0.4, 0.5) is 10.1 Å². The SMILES string of the molecule is CCOC(=O)[C@@H](OC(C)(C)C)c1c(C)cn2cc3nc2c1N1CCC(C)(CC1)OCCCC[C@H](C)Oc1cc(F)ccc1-c1cccc-3c1. The average Bonchev–Trinajstić information content (AvgIpc) is 3.47. The fourth-order valence-corrected chi connectivity index (χ4v) is 6.98. The molecular weight excluding hydrogens is 621 g/mol. The molecule has 5 heterocycles. The van der Waals surface area contributed by atoms with Gasteiger partial charge in [-0.15, -0.1) is 0 Å². The van der Waals surface area contributed by atoms with Gasteiger partial charge in [0.05, 0.1) is 35.3 Å². The number of anilines is 1. The number of halogens is 1. The van der Waals surface area contributed by atoms with Crippen LogP contribution in [0.2, 0.25) is 0 Å². The summed E-state index contributed by atoms with van der Waals surface area (Å²) in [5.74, 6) is -0.225. The maximum absolute atomic E-state index is 14.5. The van der Waals surface area contributed by atoms with Crippen molar-refractivity contribution < 1.29 is 28.1 Å². The molecule has 6 bridgehead atoms. The molecule has 4 aromatic rings. The highest BCUT2D eigenvalue weighted by Crippen LogP contribution is 2.42. The van der Waals surface area contributed by atoms with Crippen molar-refractivity contribution in [3.05, 3.63) is 71.8 Å². The van der Waals surface area contributed by atoms with E-state index in [1.807, 2.05) is 72.1 Å². The van der Waals surface area contributed by atoms with Gasteiger partial charge in [0.2, 0.25) is 0 Å². The van der Waals surface area contributed by atoms with Crippen LogP contribution in [0.15, 0.2) is 54.9 Å². The van der Waals surface area contributed by atoms with Crippen LogP contribution >= 0.6 is 0 Å². The van der Waals surface area contributed by atoms with E-state index in [4.69, 9.17) is 23.9 Å². The van der Waals surface area contributed by atoms with Gasteiger partial charge in [0.1, 0.15) is 11.6 Å². The lowest BCUT2D eigenvalue weighted by atomic mass is 9.91. The Kier molecular flexibility index (Phi) is 10.1. The summed E-state index contributed by atoms with van der Waals surface area (Å²) in [4.78, 5) is 21.2. The molecule has 0 aliphatic carbocycles. The van der Waals surface area contributed by atoms with Crippen molar-refractivity contribution in [1.82, 2.24) is 9.38 Å². The average molecular weight is 672 g/mol. The first-order valence-electron chi connectivity index (χ1n) is 17.7. The molecule has 1 fully saturated rings. The molecule has 3 aliphatic rings. The summed E-state index contributed by atoms with van der Waals surface area (Å²) in [5, 5.41) is 0. The van der Waals surface area contributed by atoms with Gasteiger partial charge in [-0.25, -0.2) is 14.2 Å². The molecule has 7 rings (SSSR count). The Morgan fingerprint density at radius 2 is 1.86 bits per heavy atom. The Morgan fingerprint density at radius 1 is 1.10 bits per heavy atom. The Bertz CT molecular complexity index is 1800. The zero-order valence-electron chi connectivity index (χ0n) is 30.0. The minimum atomic E-state index is -0.933. The zero-order valence-corrected chi connectivity index (χ0v) is 30.0. The Morgan fingerprint density at radius 3 is 2.59 bits per heavy atom. The number of hydrogen-bond acceptors (Lipinski definition) is 7. The minimum absolute atomic E-state index is 0.0804. The molecule has 3 aliphatic heterocycles. The van der Waals surface area contributed by atoms with Crippen molar-refractivity contribution in [2.45, 2.75) is 104 Å². The van der Waals surface area contributed by atoms with Crippen LogP contribution < -0.4 is 9.64 Å². The molecule has 0 spiro atoms. The van der Waals surface area contributed by atoms with Gasteiger partial charge in [-0.05, 0) is 110 Å². The topological polar surface area (TPSA) is 74.5 Å². The first-order chi connectivity index (χ1) is 23.3. The number of benzene rings is 2. The number of rotatable bonds is 4. The molecule has 0 amide bonds. The second kappa shape index (κ2) is 14.1. The third-order valence-electron chi connectivity index (χ3n) is 9.53. The van der Waals surface area contributed by atoms with Crippen LogP contribution in [0.1, 0.15) is 90.9 Å². The van der Waals surface area contributed by atoms with Gasteiger partial charge < -0.3 is 28.2 Å². The third-order valence-corrected chi connectivity index (χ3v) is 9.53. The largest absolute Gasteiger partial charge is 0.490 e. The molecule has 262 valence electrons. The third kappa shape index (κ3) is 7.78. The summed E-state index contributed by atoms with van der Waals surface area (Å²) in [7, 11) is 0. The first-order valence-corrected chi connectivity index (χ1v) is 17.7. The van der Waals surface area contributed by atoms with Crippen molar-refractivity contribution >= 4 is 17.3 Å². The number of ether oxygens (including phenoxy) is 4. The molecule has 9 heteroatoms. The first kappa shape index (κ1) is 34.9. The summed E-state index contributed by atoms with van der Waals surface area (Å²) < 4.78 is 41.6. The Hall–Kier alpha value is -3.95. The second-order valence-electron chi connectivity index (χ2n) is 14.7. The standard InChI is InChI=1S/C40H50FN3O5/c1-8-46-38(45)36(49-39(4,5)6)34-26(2)24-44-25-32-29-14-11-13-28(22-29)31-16-15-30(41)23-33(31)48-27(3)12-9-10-21-47-40(7)17-19-43(20-18-40)35(34)37(44)42-32/h11,13-16,22-25,27,36H,8-10,12,17-21H2,1-7H3/t27-,36-/m0/s1. The lowest BCUT2D eigenvalue weighted by Gasteiger charge is -2.41. The summed E-state index contributed by atoms with van der Waals surface area (Å²) in [6.45, 7) is 16.3. The Labute approximate surface area is 289 Å². The van der Waals surface area contributed by atoms with Crippen LogP contribution in [0.3, 0.4) is 0 Å². The predicted molar refractivity (Wildman–Crippen MR) is 191 cm³/mol. The normalized spacial score (nSPS) is 20.9. The monoisotopic (exact) mass is 671 g/mol. The molecule has 1 saturated heterocycles. The number of nitrogens with zero attached hydrogens (tertiary/aromatic N) is 3. The van der Waals surface area contributed by atoms with Crippen molar-refractivity contribution in [2.24, 2.45) is 0 Å². The molecule has 2 atom stereocenters. The van der Waals surface area contributed by atoms with E-state index in [0.717, 1.165) is 90.0 Å². The zero-order chi connectivity index (χ0) is 34.9. The summed E-state index contributed by atoms with van der Waals surface area (Å²) >= 11 is 0. The highest BCUT2D eigenvalue weighted by molar-refractivity contribution is 5.86. The van der Waals surface area contributed by atoms with Gasteiger partial charge in [-0.1, -0.05) is 18.2 Å². The van der Waals surface area contributed by atoms with Gasteiger partial charge in [-0.2, -0.15) is 0 Å². The number of aromatic nitrogens is 2. The van der Waals surface area contributed by atoms with E-state index < -0.39 is 17.7 Å².